The fraction of sp³-hybridized carbons (Fsp3) is 0.571. The number of nitrogens with one attached hydrogen (secondary N) is 1. The van der Waals surface area contributed by atoms with E-state index in [0.717, 1.165) is 13.2 Å². The van der Waals surface area contributed by atoms with E-state index >= 15 is 0 Å². The minimum atomic E-state index is 0.490. The van der Waals surface area contributed by atoms with Crippen LogP contribution in [0.25, 0.3) is 0 Å². The molecule has 1 N–H and O–H groups in total. The molecule has 0 amide bonds. The molecule has 88 valence electrons. The van der Waals surface area contributed by atoms with E-state index < -0.39 is 0 Å². The first-order chi connectivity index (χ1) is 7.66. The molecule has 16 heavy (non-hydrogen) atoms. The van der Waals surface area contributed by atoms with Crippen LogP contribution in [-0.4, -0.2) is 19.3 Å². The second-order valence-electron chi connectivity index (χ2n) is 4.88. The van der Waals surface area contributed by atoms with Crippen molar-refractivity contribution in [3.63, 3.8) is 0 Å². The number of rotatable bonds is 3. The van der Waals surface area contributed by atoms with E-state index in [4.69, 9.17) is 4.74 Å². The number of hydrogen-bond donors (Lipinski definition) is 1. The van der Waals surface area contributed by atoms with Gasteiger partial charge in [-0.15, -0.1) is 0 Å². The van der Waals surface area contributed by atoms with Crippen molar-refractivity contribution in [2.24, 2.45) is 5.92 Å². The predicted octanol–water partition coefficient (Wildman–Crippen LogP) is 3.14. The van der Waals surface area contributed by atoms with Gasteiger partial charge in [-0.25, -0.2) is 0 Å². The van der Waals surface area contributed by atoms with Crippen molar-refractivity contribution >= 4 is 5.69 Å². The highest BCUT2D eigenvalue weighted by molar-refractivity contribution is 5.52. The van der Waals surface area contributed by atoms with Gasteiger partial charge in [0.15, 0.2) is 0 Å². The first kappa shape index (κ1) is 11.5. The summed E-state index contributed by atoms with van der Waals surface area (Å²) in [5.41, 5.74) is 3.90. The molecule has 1 saturated heterocycles. The van der Waals surface area contributed by atoms with Crippen molar-refractivity contribution in [1.29, 1.82) is 0 Å². The largest absolute Gasteiger partial charge is 0.382 e. The van der Waals surface area contributed by atoms with Crippen molar-refractivity contribution in [1.82, 2.24) is 0 Å². The third kappa shape index (κ3) is 2.56. The molecule has 1 aliphatic heterocycles. The Morgan fingerprint density at radius 3 is 2.81 bits per heavy atom. The van der Waals surface area contributed by atoms with Gasteiger partial charge < -0.3 is 10.1 Å². The van der Waals surface area contributed by atoms with Crippen molar-refractivity contribution in [3.8, 4) is 0 Å². The molecule has 0 aromatic heterocycles. The van der Waals surface area contributed by atoms with E-state index in [1.807, 2.05) is 0 Å². The molecule has 1 aliphatic rings. The third-order valence-electron chi connectivity index (χ3n) is 3.44. The molecule has 0 bridgehead atoms. The van der Waals surface area contributed by atoms with E-state index in [1.165, 1.54) is 23.2 Å². The molecule has 0 aliphatic carbocycles. The third-order valence-corrected chi connectivity index (χ3v) is 3.44. The number of anilines is 1. The Morgan fingerprint density at radius 2 is 2.19 bits per heavy atom. The van der Waals surface area contributed by atoms with Gasteiger partial charge in [0.2, 0.25) is 0 Å². The normalized spacial score (nSPS) is 22.1. The quantitative estimate of drug-likeness (QED) is 0.843. The molecular weight excluding hydrogens is 198 g/mol. The SMILES string of the molecule is Cc1ccc(NC(C)C2CCOC2)c(C)c1. The average molecular weight is 219 g/mol. The van der Waals surface area contributed by atoms with Crippen LogP contribution in [0, 0.1) is 19.8 Å². The molecule has 1 fully saturated rings. The van der Waals surface area contributed by atoms with E-state index in [-0.39, 0.29) is 0 Å². The summed E-state index contributed by atoms with van der Waals surface area (Å²) in [6.45, 7) is 8.36. The van der Waals surface area contributed by atoms with Gasteiger partial charge in [-0.1, -0.05) is 17.7 Å². The van der Waals surface area contributed by atoms with Gasteiger partial charge >= 0.3 is 0 Å². The molecule has 2 unspecified atom stereocenters. The molecule has 2 rings (SSSR count). The number of benzene rings is 1. The lowest BCUT2D eigenvalue weighted by Gasteiger charge is -2.21. The molecule has 0 radical (unpaired) electrons. The van der Waals surface area contributed by atoms with Gasteiger partial charge in [0, 0.05) is 24.3 Å². The van der Waals surface area contributed by atoms with E-state index in [2.05, 4.69) is 44.3 Å². The van der Waals surface area contributed by atoms with Gasteiger partial charge in [-0.2, -0.15) is 0 Å². The molecule has 2 nitrogen and oxygen atoms in total. The van der Waals surface area contributed by atoms with Crippen LogP contribution < -0.4 is 5.32 Å². The molecule has 1 aromatic carbocycles. The lowest BCUT2D eigenvalue weighted by atomic mass is 10.00. The molecule has 2 atom stereocenters. The zero-order valence-corrected chi connectivity index (χ0v) is 10.4. The van der Waals surface area contributed by atoms with E-state index in [0.29, 0.717) is 12.0 Å². The first-order valence-corrected chi connectivity index (χ1v) is 6.08. The van der Waals surface area contributed by atoms with Crippen LogP contribution in [0.15, 0.2) is 18.2 Å². The highest BCUT2D eigenvalue weighted by Crippen LogP contribution is 2.22. The Kier molecular flexibility index (Phi) is 3.49. The molecular formula is C14H21NO. The van der Waals surface area contributed by atoms with Crippen LogP contribution in [-0.2, 0) is 4.74 Å². The van der Waals surface area contributed by atoms with Crippen molar-refractivity contribution in [2.45, 2.75) is 33.2 Å². The van der Waals surface area contributed by atoms with Gasteiger partial charge in [-0.3, -0.25) is 0 Å². The first-order valence-electron chi connectivity index (χ1n) is 6.08. The summed E-state index contributed by atoms with van der Waals surface area (Å²) < 4.78 is 5.43. The van der Waals surface area contributed by atoms with E-state index in [1.54, 1.807) is 0 Å². The topological polar surface area (TPSA) is 21.3 Å². The van der Waals surface area contributed by atoms with Gasteiger partial charge in [0.25, 0.3) is 0 Å². The molecule has 1 heterocycles. The highest BCUT2D eigenvalue weighted by Gasteiger charge is 2.22. The number of ether oxygens (including phenoxy) is 1. The van der Waals surface area contributed by atoms with Crippen molar-refractivity contribution in [3.05, 3.63) is 29.3 Å². The fourth-order valence-electron chi connectivity index (χ4n) is 2.29. The molecule has 1 aromatic rings. The Morgan fingerprint density at radius 1 is 1.38 bits per heavy atom. The maximum absolute atomic E-state index is 5.43. The van der Waals surface area contributed by atoms with Crippen molar-refractivity contribution in [2.75, 3.05) is 18.5 Å². The average Bonchev–Trinajstić information content (AvgIpc) is 2.75. The Hall–Kier alpha value is -1.02. The van der Waals surface area contributed by atoms with Crippen LogP contribution >= 0.6 is 0 Å². The van der Waals surface area contributed by atoms with E-state index in [9.17, 15) is 0 Å². The van der Waals surface area contributed by atoms with Gasteiger partial charge in [0.1, 0.15) is 0 Å². The van der Waals surface area contributed by atoms with Gasteiger partial charge in [0.05, 0.1) is 6.61 Å². The minimum Gasteiger partial charge on any atom is -0.382 e. The van der Waals surface area contributed by atoms with Gasteiger partial charge in [-0.05, 0) is 38.8 Å². The minimum absolute atomic E-state index is 0.490. The Labute approximate surface area is 98.0 Å². The Balaban J connectivity index is 2.02. The number of hydrogen-bond acceptors (Lipinski definition) is 2. The smallest absolute Gasteiger partial charge is 0.0514 e. The van der Waals surface area contributed by atoms with Crippen molar-refractivity contribution < 1.29 is 4.74 Å². The maximum Gasteiger partial charge on any atom is 0.0514 e. The summed E-state index contributed by atoms with van der Waals surface area (Å²) >= 11 is 0. The van der Waals surface area contributed by atoms with Crippen LogP contribution in [0.3, 0.4) is 0 Å². The lowest BCUT2D eigenvalue weighted by Crippen LogP contribution is -2.26. The molecule has 0 spiro atoms. The van der Waals surface area contributed by atoms with Crippen LogP contribution in [0.2, 0.25) is 0 Å². The van der Waals surface area contributed by atoms with Crippen LogP contribution in [0.5, 0.6) is 0 Å². The summed E-state index contributed by atoms with van der Waals surface area (Å²) in [6.07, 6.45) is 1.18. The molecule has 0 saturated carbocycles. The Bertz CT molecular complexity index is 356. The highest BCUT2D eigenvalue weighted by atomic mass is 16.5. The second kappa shape index (κ2) is 4.88. The van der Waals surface area contributed by atoms with Crippen LogP contribution in [0.1, 0.15) is 24.5 Å². The summed E-state index contributed by atoms with van der Waals surface area (Å²) in [5.74, 6) is 0.653. The summed E-state index contributed by atoms with van der Waals surface area (Å²) in [6, 6.07) is 7.05. The zero-order valence-electron chi connectivity index (χ0n) is 10.4. The summed E-state index contributed by atoms with van der Waals surface area (Å²) in [4.78, 5) is 0. The summed E-state index contributed by atoms with van der Waals surface area (Å²) in [7, 11) is 0. The van der Waals surface area contributed by atoms with Crippen LogP contribution in [0.4, 0.5) is 5.69 Å². The second-order valence-corrected chi connectivity index (χ2v) is 4.88. The zero-order chi connectivity index (χ0) is 11.5. The fourth-order valence-corrected chi connectivity index (χ4v) is 2.29. The summed E-state index contributed by atoms with van der Waals surface area (Å²) in [5, 5.41) is 3.60. The lowest BCUT2D eigenvalue weighted by molar-refractivity contribution is 0.183. The molecule has 2 heteroatoms. The maximum atomic E-state index is 5.43. The predicted molar refractivity (Wildman–Crippen MR) is 67.9 cm³/mol. The standard InChI is InChI=1S/C14H21NO/c1-10-4-5-14(11(2)8-10)15-12(3)13-6-7-16-9-13/h4-5,8,12-13,15H,6-7,9H2,1-3H3. The monoisotopic (exact) mass is 219 g/mol. The number of aryl methyl sites for hydroxylation is 2.